The number of hydrogen-bond acceptors (Lipinski definition) is 10. The van der Waals surface area contributed by atoms with Crippen molar-refractivity contribution in [2.75, 3.05) is 26.3 Å². The molecule has 6 amide bonds. The van der Waals surface area contributed by atoms with Crippen LogP contribution in [-0.4, -0.2) is 116 Å². The topological polar surface area (TPSA) is 238 Å². The van der Waals surface area contributed by atoms with E-state index in [-0.39, 0.29) is 73.6 Å². The summed E-state index contributed by atoms with van der Waals surface area (Å²) in [6, 6.07) is -1.79. The Morgan fingerprint density at radius 3 is 1.24 bits per heavy atom. The lowest BCUT2D eigenvalue weighted by Crippen LogP contribution is -2.54. The largest absolute Gasteiger partial charge is 0.394 e. The van der Waals surface area contributed by atoms with Crippen LogP contribution in [0.25, 0.3) is 0 Å². The Kier molecular flexibility index (Phi) is 23.9. The molecule has 0 aromatic heterocycles. The highest BCUT2D eigenvalue weighted by Crippen LogP contribution is 2.23. The number of rotatable bonds is 22. The number of nitrogens with zero attached hydrogens (tertiary/aromatic N) is 2. The maximum Gasteiger partial charge on any atom is 0.245 e. The van der Waals surface area contributed by atoms with Gasteiger partial charge in [0.2, 0.25) is 35.4 Å². The van der Waals surface area contributed by atoms with Gasteiger partial charge in [-0.25, -0.2) is 11.0 Å². The molecule has 312 valence electrons. The molecule has 0 radical (unpaired) electrons. The van der Waals surface area contributed by atoms with E-state index in [4.69, 9.17) is 10.4 Å². The van der Waals surface area contributed by atoms with Crippen LogP contribution < -0.4 is 21.6 Å². The van der Waals surface area contributed by atoms with Gasteiger partial charge in [-0.1, -0.05) is 80.1 Å². The van der Waals surface area contributed by atoms with Crippen molar-refractivity contribution in [1.29, 1.82) is 0 Å². The summed E-state index contributed by atoms with van der Waals surface area (Å²) in [5.41, 5.74) is 3.15. The number of carbonyl (C=O) groups is 6. The van der Waals surface area contributed by atoms with Crippen LogP contribution in [0.5, 0.6) is 0 Å². The molecule has 2 aliphatic rings. The van der Waals surface area contributed by atoms with E-state index in [2.05, 4.69) is 24.5 Å². The van der Waals surface area contributed by atoms with E-state index in [9.17, 15) is 39.0 Å². The molecule has 6 unspecified atom stereocenters. The summed E-state index contributed by atoms with van der Waals surface area (Å²) >= 11 is 0. The SMILES string of the molecule is CCCCCC(CC(=O)NO)C(=O)NC(C(=O)N1CCCC1CO)C(C)C.CCCCCC(CC(=O)NO)C(=O)NC(C(=O)N1CCCC1CO)C(C)C. The van der Waals surface area contributed by atoms with Gasteiger partial charge < -0.3 is 30.6 Å². The summed E-state index contributed by atoms with van der Waals surface area (Å²) in [6.07, 6.45) is 9.49. The molecule has 0 saturated carbocycles. The molecule has 16 heteroatoms. The van der Waals surface area contributed by atoms with E-state index >= 15 is 0 Å². The van der Waals surface area contributed by atoms with Gasteiger partial charge in [0, 0.05) is 37.8 Å². The molecule has 0 aromatic rings. The third-order valence-electron chi connectivity index (χ3n) is 10.4. The van der Waals surface area contributed by atoms with E-state index in [1.807, 2.05) is 27.7 Å². The second-order valence-electron chi connectivity index (χ2n) is 15.3. The van der Waals surface area contributed by atoms with Crippen molar-refractivity contribution in [2.24, 2.45) is 23.7 Å². The average molecular weight is 771 g/mol. The summed E-state index contributed by atoms with van der Waals surface area (Å²) in [5, 5.41) is 42.1. The Hall–Kier alpha value is -3.34. The molecule has 0 spiro atoms. The molecule has 6 atom stereocenters. The zero-order valence-corrected chi connectivity index (χ0v) is 33.5. The van der Waals surface area contributed by atoms with Crippen molar-refractivity contribution in [3.63, 3.8) is 0 Å². The Labute approximate surface area is 321 Å². The second-order valence-corrected chi connectivity index (χ2v) is 15.3. The number of amides is 6. The van der Waals surface area contributed by atoms with Crippen molar-refractivity contribution in [3.8, 4) is 0 Å². The summed E-state index contributed by atoms with van der Waals surface area (Å²) in [7, 11) is 0. The van der Waals surface area contributed by atoms with Gasteiger partial charge in [0.1, 0.15) is 12.1 Å². The predicted molar refractivity (Wildman–Crippen MR) is 202 cm³/mol. The van der Waals surface area contributed by atoms with Gasteiger partial charge in [-0.3, -0.25) is 39.2 Å². The Morgan fingerprint density at radius 2 is 0.963 bits per heavy atom. The van der Waals surface area contributed by atoms with Gasteiger partial charge in [0.15, 0.2) is 0 Å². The standard InChI is InChI=1S/2C19H35N3O5/c2*1-4-5-6-8-14(11-16(24)21-27)18(25)20-17(13(2)3)19(26)22-10-7-9-15(22)12-23/h2*13-15,17,23,27H,4-12H2,1-3H3,(H,20,25)(H,21,24). The fourth-order valence-electron chi connectivity index (χ4n) is 7.03. The van der Waals surface area contributed by atoms with E-state index in [0.29, 0.717) is 25.9 Å². The first-order valence-electron chi connectivity index (χ1n) is 20.0. The van der Waals surface area contributed by atoms with Gasteiger partial charge in [-0.05, 0) is 50.4 Å². The van der Waals surface area contributed by atoms with Crippen LogP contribution in [0, 0.1) is 23.7 Å². The van der Waals surface area contributed by atoms with Crippen molar-refractivity contribution < 1.29 is 49.4 Å². The minimum absolute atomic E-state index is 0.0825. The quantitative estimate of drug-likeness (QED) is 0.0455. The van der Waals surface area contributed by atoms with Crippen LogP contribution >= 0.6 is 0 Å². The zero-order valence-electron chi connectivity index (χ0n) is 33.5. The van der Waals surface area contributed by atoms with E-state index in [1.54, 1.807) is 20.8 Å². The minimum Gasteiger partial charge on any atom is -0.394 e. The highest BCUT2D eigenvalue weighted by Gasteiger charge is 2.37. The number of carbonyl (C=O) groups excluding carboxylic acids is 6. The number of aliphatic hydroxyl groups is 2. The van der Waals surface area contributed by atoms with Crippen LogP contribution in [0.1, 0.15) is 131 Å². The van der Waals surface area contributed by atoms with Gasteiger partial charge in [-0.15, -0.1) is 0 Å². The first kappa shape index (κ1) is 48.7. The molecule has 2 aliphatic heterocycles. The van der Waals surface area contributed by atoms with Gasteiger partial charge in [-0.2, -0.15) is 0 Å². The number of aliphatic hydroxyl groups excluding tert-OH is 2. The molecule has 2 rings (SSSR count). The maximum absolute atomic E-state index is 12.9. The van der Waals surface area contributed by atoms with Crippen LogP contribution in [0.2, 0.25) is 0 Å². The van der Waals surface area contributed by atoms with Crippen molar-refractivity contribution in [1.82, 2.24) is 31.4 Å². The molecule has 0 bridgehead atoms. The third kappa shape index (κ3) is 16.2. The fourth-order valence-corrected chi connectivity index (χ4v) is 7.03. The molecule has 2 heterocycles. The lowest BCUT2D eigenvalue weighted by Gasteiger charge is -2.31. The molecular weight excluding hydrogens is 700 g/mol. The lowest BCUT2D eigenvalue weighted by atomic mass is 9.94. The normalized spacial score (nSPS) is 19.0. The first-order chi connectivity index (χ1) is 25.7. The minimum atomic E-state index is -0.699. The van der Waals surface area contributed by atoms with E-state index in [1.165, 1.54) is 0 Å². The predicted octanol–water partition coefficient (Wildman–Crippen LogP) is 2.41. The smallest absolute Gasteiger partial charge is 0.245 e. The van der Waals surface area contributed by atoms with Gasteiger partial charge >= 0.3 is 0 Å². The molecule has 2 saturated heterocycles. The lowest BCUT2D eigenvalue weighted by molar-refractivity contribution is -0.141. The van der Waals surface area contributed by atoms with Crippen LogP contribution in [0.3, 0.4) is 0 Å². The Morgan fingerprint density at radius 1 is 0.611 bits per heavy atom. The van der Waals surface area contributed by atoms with E-state index < -0.39 is 35.7 Å². The number of unbranched alkanes of at least 4 members (excludes halogenated alkanes) is 4. The van der Waals surface area contributed by atoms with E-state index in [0.717, 1.165) is 64.2 Å². The number of nitrogens with one attached hydrogen (secondary N) is 4. The monoisotopic (exact) mass is 771 g/mol. The molecule has 8 N–H and O–H groups in total. The summed E-state index contributed by atoms with van der Waals surface area (Å²) in [5.74, 6) is -3.72. The molecular formula is C38H70N6O10. The van der Waals surface area contributed by atoms with Crippen LogP contribution in [-0.2, 0) is 28.8 Å². The second kappa shape index (κ2) is 26.5. The molecule has 0 aromatic carbocycles. The van der Waals surface area contributed by atoms with Gasteiger partial charge in [0.05, 0.1) is 25.3 Å². The van der Waals surface area contributed by atoms with Gasteiger partial charge in [0.25, 0.3) is 0 Å². The van der Waals surface area contributed by atoms with Crippen molar-refractivity contribution in [2.45, 2.75) is 156 Å². The fraction of sp³-hybridized carbons (Fsp3) is 0.842. The first-order valence-corrected chi connectivity index (χ1v) is 20.0. The van der Waals surface area contributed by atoms with Crippen molar-refractivity contribution in [3.05, 3.63) is 0 Å². The number of hydrogen-bond donors (Lipinski definition) is 8. The summed E-state index contributed by atoms with van der Waals surface area (Å²) in [6.45, 7) is 12.5. The third-order valence-corrected chi connectivity index (χ3v) is 10.4. The highest BCUT2D eigenvalue weighted by molar-refractivity contribution is 5.92. The number of hydroxylamine groups is 2. The van der Waals surface area contributed by atoms with Crippen LogP contribution in [0.15, 0.2) is 0 Å². The Bertz CT molecular complexity index is 1080. The van der Waals surface area contributed by atoms with Crippen molar-refractivity contribution >= 4 is 35.4 Å². The zero-order chi connectivity index (χ0) is 40.8. The summed E-state index contributed by atoms with van der Waals surface area (Å²) < 4.78 is 0. The molecule has 54 heavy (non-hydrogen) atoms. The average Bonchev–Trinajstić information content (AvgIpc) is 3.84. The molecule has 16 nitrogen and oxygen atoms in total. The number of likely N-dealkylation sites (tertiary alicyclic amines) is 2. The molecule has 2 fully saturated rings. The highest BCUT2D eigenvalue weighted by atomic mass is 16.5. The molecule has 0 aliphatic carbocycles. The Balaban J connectivity index is 0.000000540. The van der Waals surface area contributed by atoms with Crippen LogP contribution in [0.4, 0.5) is 0 Å². The summed E-state index contributed by atoms with van der Waals surface area (Å²) in [4.78, 5) is 77.9. The maximum atomic E-state index is 12.9.